The standard InChI is InChI=1S/C38H26N4O6/c39-17-21-7-1-2-9-24(21)32-30-31(38(41-32,37(47)48)16-22-18-40-29-12-6-5-8-23(22)29)36(46)42(35(30)45)19-20-13-14-27-28(15-20)34(44)26-11-4-3-10-25(26)33(27)43/h1-15,18,30-32,40-41H,16,19H2,(H,47,48). The van der Waals surface area contributed by atoms with Crippen LogP contribution in [0.2, 0.25) is 0 Å². The van der Waals surface area contributed by atoms with E-state index in [1.165, 1.54) is 12.1 Å². The van der Waals surface area contributed by atoms with Gasteiger partial charge in [-0.3, -0.25) is 34.2 Å². The van der Waals surface area contributed by atoms with Crippen molar-refractivity contribution in [2.24, 2.45) is 11.8 Å². The van der Waals surface area contributed by atoms with Crippen LogP contribution in [0, 0.1) is 23.2 Å². The molecule has 1 aromatic heterocycles. The fourth-order valence-corrected chi connectivity index (χ4v) is 7.80. The molecule has 3 N–H and O–H groups in total. The second-order valence-corrected chi connectivity index (χ2v) is 12.5. The number of nitrogens with one attached hydrogen (secondary N) is 2. The first-order chi connectivity index (χ1) is 23.2. The zero-order valence-corrected chi connectivity index (χ0v) is 25.3. The molecule has 8 rings (SSSR count). The molecule has 10 heteroatoms. The molecule has 3 heterocycles. The van der Waals surface area contributed by atoms with E-state index in [1.54, 1.807) is 60.8 Å². The summed E-state index contributed by atoms with van der Waals surface area (Å²) in [4.78, 5) is 72.9. The number of carboxylic acid groups (broad SMARTS) is 1. The number of rotatable bonds is 6. The van der Waals surface area contributed by atoms with Gasteiger partial charge in [-0.25, -0.2) is 0 Å². The Morgan fingerprint density at radius 2 is 1.50 bits per heavy atom. The number of carbonyl (C=O) groups excluding carboxylic acids is 4. The van der Waals surface area contributed by atoms with Crippen LogP contribution in [0.25, 0.3) is 10.9 Å². The molecule has 48 heavy (non-hydrogen) atoms. The van der Waals surface area contributed by atoms with Crippen LogP contribution in [0.3, 0.4) is 0 Å². The number of carboxylic acids is 1. The topological polar surface area (TPSA) is 160 Å². The van der Waals surface area contributed by atoms with Crippen molar-refractivity contribution in [1.29, 1.82) is 5.26 Å². The van der Waals surface area contributed by atoms with Gasteiger partial charge in [-0.05, 0) is 41.0 Å². The van der Waals surface area contributed by atoms with Gasteiger partial charge in [0, 0.05) is 51.8 Å². The SMILES string of the molecule is N#Cc1ccccc1C1NC(Cc2c[nH]c3ccccc23)(C(=O)O)C2C(=O)N(Cc3ccc4c(c3)C(=O)c3ccccc3C4=O)C(=O)C12. The van der Waals surface area contributed by atoms with Crippen LogP contribution in [0.1, 0.15) is 60.1 Å². The van der Waals surface area contributed by atoms with E-state index < -0.39 is 41.2 Å². The number of hydrogen-bond acceptors (Lipinski definition) is 7. The van der Waals surface area contributed by atoms with Crippen molar-refractivity contribution < 1.29 is 29.1 Å². The first kappa shape index (κ1) is 29.2. The smallest absolute Gasteiger partial charge is 0.325 e. The molecule has 234 valence electrons. The molecule has 0 radical (unpaired) electrons. The normalized spacial score (nSPS) is 22.8. The number of nitrogens with zero attached hydrogens (tertiary/aromatic N) is 2. The maximum absolute atomic E-state index is 14.4. The van der Waals surface area contributed by atoms with Crippen molar-refractivity contribution >= 4 is 40.3 Å². The molecule has 5 aromatic rings. The molecule has 4 aromatic carbocycles. The number of aliphatic carboxylic acids is 1. The Balaban J connectivity index is 1.21. The number of benzene rings is 4. The molecule has 0 spiro atoms. The highest BCUT2D eigenvalue weighted by atomic mass is 16.4. The van der Waals surface area contributed by atoms with Crippen molar-refractivity contribution in [3.8, 4) is 6.07 Å². The molecular weight excluding hydrogens is 608 g/mol. The number of aromatic amines is 1. The zero-order chi connectivity index (χ0) is 33.3. The Bertz CT molecular complexity index is 2300. The molecular formula is C38H26N4O6. The lowest BCUT2D eigenvalue weighted by molar-refractivity contribution is -0.151. The van der Waals surface area contributed by atoms with Crippen LogP contribution in [-0.4, -0.2) is 49.9 Å². The molecule has 4 atom stereocenters. The van der Waals surface area contributed by atoms with Crippen LogP contribution in [-0.2, 0) is 27.3 Å². The van der Waals surface area contributed by atoms with Gasteiger partial charge in [0.15, 0.2) is 11.6 Å². The van der Waals surface area contributed by atoms with Crippen molar-refractivity contribution in [3.05, 3.63) is 142 Å². The summed E-state index contributed by atoms with van der Waals surface area (Å²) in [6, 6.07) is 26.5. The molecule has 3 aliphatic rings. The second kappa shape index (κ2) is 10.7. The minimum absolute atomic E-state index is 0.111. The summed E-state index contributed by atoms with van der Waals surface area (Å²) in [7, 11) is 0. The van der Waals surface area contributed by atoms with Crippen LogP contribution in [0.4, 0.5) is 0 Å². The van der Waals surface area contributed by atoms with Gasteiger partial charge in [0.2, 0.25) is 11.8 Å². The van der Waals surface area contributed by atoms with E-state index in [0.717, 1.165) is 15.8 Å². The van der Waals surface area contributed by atoms with Gasteiger partial charge >= 0.3 is 5.97 Å². The molecule has 1 aliphatic carbocycles. The molecule has 10 nitrogen and oxygen atoms in total. The summed E-state index contributed by atoms with van der Waals surface area (Å²) in [6.07, 6.45) is 1.60. The number of nitriles is 1. The van der Waals surface area contributed by atoms with Gasteiger partial charge in [0.1, 0.15) is 5.54 Å². The van der Waals surface area contributed by atoms with Crippen LogP contribution in [0.15, 0.2) is 97.2 Å². The molecule has 2 amide bonds. The van der Waals surface area contributed by atoms with Gasteiger partial charge in [0.05, 0.1) is 30.0 Å². The van der Waals surface area contributed by atoms with E-state index in [-0.39, 0.29) is 46.8 Å². The summed E-state index contributed by atoms with van der Waals surface area (Å²) in [5.74, 6) is -5.59. The van der Waals surface area contributed by atoms with E-state index in [1.807, 2.05) is 24.3 Å². The number of imide groups is 1. The first-order valence-electron chi connectivity index (χ1n) is 15.4. The number of likely N-dealkylation sites (tertiary alicyclic amines) is 1. The number of H-pyrrole nitrogens is 1. The summed E-state index contributed by atoms with van der Waals surface area (Å²) in [5, 5.41) is 24.8. The zero-order valence-electron chi connectivity index (χ0n) is 25.3. The lowest BCUT2D eigenvalue weighted by Crippen LogP contribution is -2.57. The highest BCUT2D eigenvalue weighted by Gasteiger charge is 2.68. The third kappa shape index (κ3) is 4.11. The molecule has 0 saturated carbocycles. The number of fused-ring (bicyclic) bond motifs is 4. The highest BCUT2D eigenvalue weighted by Crippen LogP contribution is 2.51. The third-order valence-electron chi connectivity index (χ3n) is 10.0. The van der Waals surface area contributed by atoms with E-state index in [0.29, 0.717) is 22.3 Å². The fourth-order valence-electron chi connectivity index (χ4n) is 7.80. The third-order valence-corrected chi connectivity index (χ3v) is 10.0. The summed E-state index contributed by atoms with van der Waals surface area (Å²) >= 11 is 0. The van der Waals surface area contributed by atoms with Crippen LogP contribution >= 0.6 is 0 Å². The van der Waals surface area contributed by atoms with Gasteiger partial charge in [-0.2, -0.15) is 5.26 Å². The maximum atomic E-state index is 14.4. The Labute approximate surface area is 273 Å². The number of hydrogen-bond donors (Lipinski definition) is 3. The minimum atomic E-state index is -1.90. The predicted molar refractivity (Wildman–Crippen MR) is 172 cm³/mol. The van der Waals surface area contributed by atoms with E-state index in [9.17, 15) is 34.3 Å². The molecule has 2 fully saturated rings. The monoisotopic (exact) mass is 634 g/mol. The molecule has 0 bridgehead atoms. The number of ketones is 2. The summed E-state index contributed by atoms with van der Waals surface area (Å²) < 4.78 is 0. The Morgan fingerprint density at radius 3 is 2.25 bits per heavy atom. The number of amides is 2. The highest BCUT2D eigenvalue weighted by molar-refractivity contribution is 6.28. The van der Waals surface area contributed by atoms with E-state index >= 15 is 0 Å². The van der Waals surface area contributed by atoms with E-state index in [4.69, 9.17) is 0 Å². The minimum Gasteiger partial charge on any atom is -0.480 e. The van der Waals surface area contributed by atoms with Gasteiger partial charge in [-0.15, -0.1) is 0 Å². The Hall–Kier alpha value is -6.18. The van der Waals surface area contributed by atoms with Crippen molar-refractivity contribution in [2.45, 2.75) is 24.5 Å². The quantitative estimate of drug-likeness (QED) is 0.228. The van der Waals surface area contributed by atoms with Crippen molar-refractivity contribution in [1.82, 2.24) is 15.2 Å². The fraction of sp³-hybridized carbons (Fsp3) is 0.158. The van der Waals surface area contributed by atoms with Gasteiger partial charge in [-0.1, -0.05) is 66.7 Å². The average Bonchev–Trinajstić information content (AvgIpc) is 3.75. The van der Waals surface area contributed by atoms with Crippen molar-refractivity contribution in [2.75, 3.05) is 0 Å². The molecule has 2 aliphatic heterocycles. The maximum Gasteiger partial charge on any atom is 0.325 e. The summed E-state index contributed by atoms with van der Waals surface area (Å²) in [5.41, 5.74) is 1.70. The van der Waals surface area contributed by atoms with Gasteiger partial charge in [0.25, 0.3) is 0 Å². The van der Waals surface area contributed by atoms with Crippen LogP contribution in [0.5, 0.6) is 0 Å². The predicted octanol–water partition coefficient (Wildman–Crippen LogP) is 4.33. The largest absolute Gasteiger partial charge is 0.480 e. The Morgan fingerprint density at radius 1 is 0.833 bits per heavy atom. The van der Waals surface area contributed by atoms with E-state index in [2.05, 4.69) is 16.4 Å². The summed E-state index contributed by atoms with van der Waals surface area (Å²) in [6.45, 7) is -0.226. The lowest BCUT2D eigenvalue weighted by atomic mass is 9.76. The number of aromatic nitrogens is 1. The number of para-hydroxylation sites is 1. The average molecular weight is 635 g/mol. The van der Waals surface area contributed by atoms with Crippen molar-refractivity contribution in [3.63, 3.8) is 0 Å². The Kier molecular flexibility index (Phi) is 6.51. The van der Waals surface area contributed by atoms with Crippen LogP contribution < -0.4 is 5.32 Å². The van der Waals surface area contributed by atoms with Gasteiger partial charge < -0.3 is 10.1 Å². The molecule has 4 unspecified atom stereocenters. The second-order valence-electron chi connectivity index (χ2n) is 12.5. The lowest BCUT2D eigenvalue weighted by Gasteiger charge is -2.31. The molecule has 2 saturated heterocycles. The number of carbonyl (C=O) groups is 5. The first-order valence-corrected chi connectivity index (χ1v) is 15.4.